The lowest BCUT2D eigenvalue weighted by molar-refractivity contribution is -0.127. The van der Waals surface area contributed by atoms with Crippen molar-refractivity contribution < 1.29 is 9.18 Å². The van der Waals surface area contributed by atoms with Gasteiger partial charge in [0.1, 0.15) is 11.6 Å². The molecular formula is C25H29FN4O. The number of hydrogen-bond donors (Lipinski definition) is 3. The Hall–Kier alpha value is -2.99. The van der Waals surface area contributed by atoms with Gasteiger partial charge in [0.2, 0.25) is 5.91 Å². The van der Waals surface area contributed by atoms with Crippen LogP contribution in [-0.2, 0) is 11.2 Å². The molecule has 0 spiro atoms. The minimum absolute atomic E-state index is 0.0127. The summed E-state index contributed by atoms with van der Waals surface area (Å²) in [7, 11) is 0. The predicted molar refractivity (Wildman–Crippen MR) is 120 cm³/mol. The molecule has 0 unspecified atom stereocenters. The SMILES string of the molecule is NCC1CCC(C(=O)N[C@@H](Cc2ccccc2)c2ncc(-c3cccc(F)c3)[nH]2)CC1. The normalized spacial score (nSPS) is 19.7. The lowest BCUT2D eigenvalue weighted by atomic mass is 9.81. The standard InChI is InChI=1S/C25H29FN4O/c26-21-8-4-7-20(14-21)23-16-28-24(29-23)22(13-17-5-2-1-3-6-17)30-25(31)19-11-9-18(15-27)10-12-19/h1-8,14,16,18-19,22H,9-13,15,27H2,(H,28,29)(H,30,31)/t18?,19?,22-/m0/s1. The van der Waals surface area contributed by atoms with Gasteiger partial charge in [-0.25, -0.2) is 9.37 Å². The second-order valence-corrected chi connectivity index (χ2v) is 8.40. The molecule has 31 heavy (non-hydrogen) atoms. The number of nitrogens with two attached hydrogens (primary N) is 1. The van der Waals surface area contributed by atoms with Crippen molar-refractivity contribution in [2.75, 3.05) is 6.54 Å². The topological polar surface area (TPSA) is 83.8 Å². The smallest absolute Gasteiger partial charge is 0.223 e. The van der Waals surface area contributed by atoms with Gasteiger partial charge in [-0.2, -0.15) is 0 Å². The van der Waals surface area contributed by atoms with Crippen molar-refractivity contribution in [2.45, 2.75) is 38.1 Å². The summed E-state index contributed by atoms with van der Waals surface area (Å²) in [5.74, 6) is 0.991. The van der Waals surface area contributed by atoms with E-state index in [1.54, 1.807) is 12.3 Å². The third-order valence-electron chi connectivity index (χ3n) is 6.21. The van der Waals surface area contributed by atoms with Crippen LogP contribution in [0.3, 0.4) is 0 Å². The summed E-state index contributed by atoms with van der Waals surface area (Å²) in [4.78, 5) is 20.9. The highest BCUT2D eigenvalue weighted by Crippen LogP contribution is 2.29. The Morgan fingerprint density at radius 1 is 1.13 bits per heavy atom. The van der Waals surface area contributed by atoms with E-state index in [-0.39, 0.29) is 23.7 Å². The first-order valence-electron chi connectivity index (χ1n) is 11.0. The number of amides is 1. The van der Waals surface area contributed by atoms with E-state index in [0.29, 0.717) is 24.7 Å². The van der Waals surface area contributed by atoms with Crippen LogP contribution in [0.4, 0.5) is 4.39 Å². The van der Waals surface area contributed by atoms with Gasteiger partial charge in [0, 0.05) is 11.5 Å². The summed E-state index contributed by atoms with van der Waals surface area (Å²) in [6, 6.07) is 16.1. The molecule has 0 radical (unpaired) electrons. The summed E-state index contributed by atoms with van der Waals surface area (Å²) in [5, 5.41) is 3.22. The van der Waals surface area contributed by atoms with Crippen LogP contribution < -0.4 is 11.1 Å². The first-order valence-corrected chi connectivity index (χ1v) is 11.0. The van der Waals surface area contributed by atoms with Crippen molar-refractivity contribution in [2.24, 2.45) is 17.6 Å². The zero-order chi connectivity index (χ0) is 21.6. The van der Waals surface area contributed by atoms with E-state index in [1.807, 2.05) is 36.4 Å². The van der Waals surface area contributed by atoms with E-state index in [1.165, 1.54) is 12.1 Å². The second kappa shape index (κ2) is 9.88. The molecular weight excluding hydrogens is 391 g/mol. The summed E-state index contributed by atoms with van der Waals surface area (Å²) in [6.45, 7) is 0.695. The van der Waals surface area contributed by atoms with Gasteiger partial charge >= 0.3 is 0 Å². The number of imidazole rings is 1. The van der Waals surface area contributed by atoms with Crippen LogP contribution in [0.25, 0.3) is 11.3 Å². The molecule has 6 heteroatoms. The number of H-pyrrole nitrogens is 1. The van der Waals surface area contributed by atoms with E-state index in [0.717, 1.165) is 42.5 Å². The minimum atomic E-state index is -0.295. The fourth-order valence-corrected chi connectivity index (χ4v) is 4.33. The molecule has 5 nitrogen and oxygen atoms in total. The van der Waals surface area contributed by atoms with Crippen molar-refractivity contribution in [3.05, 3.63) is 78.0 Å². The molecule has 4 rings (SSSR count). The Morgan fingerprint density at radius 2 is 1.90 bits per heavy atom. The molecule has 1 aromatic heterocycles. The number of carbonyl (C=O) groups is 1. The van der Waals surface area contributed by atoms with Crippen LogP contribution in [0.5, 0.6) is 0 Å². The fraction of sp³-hybridized carbons (Fsp3) is 0.360. The van der Waals surface area contributed by atoms with Crippen molar-refractivity contribution in [1.29, 1.82) is 0 Å². The highest BCUT2D eigenvalue weighted by molar-refractivity contribution is 5.79. The van der Waals surface area contributed by atoms with Gasteiger partial charge in [-0.1, -0.05) is 42.5 Å². The largest absolute Gasteiger partial charge is 0.346 e. The first kappa shape index (κ1) is 21.2. The Balaban J connectivity index is 1.53. The Morgan fingerprint density at radius 3 is 2.61 bits per heavy atom. The monoisotopic (exact) mass is 420 g/mol. The van der Waals surface area contributed by atoms with Crippen molar-refractivity contribution in [3.8, 4) is 11.3 Å². The van der Waals surface area contributed by atoms with Crippen LogP contribution >= 0.6 is 0 Å². The molecule has 1 saturated carbocycles. The predicted octanol–water partition coefficient (Wildman–Crippen LogP) is 4.38. The number of benzene rings is 2. The summed E-state index contributed by atoms with van der Waals surface area (Å²) in [6.07, 6.45) is 6.07. The van der Waals surface area contributed by atoms with Gasteiger partial charge in [-0.15, -0.1) is 0 Å². The first-order chi connectivity index (χ1) is 15.1. The van der Waals surface area contributed by atoms with Crippen LogP contribution in [-0.4, -0.2) is 22.4 Å². The molecule has 3 aromatic rings. The van der Waals surface area contributed by atoms with Crippen molar-refractivity contribution in [1.82, 2.24) is 15.3 Å². The lowest BCUT2D eigenvalue weighted by Crippen LogP contribution is -2.37. The van der Waals surface area contributed by atoms with Gasteiger partial charge in [0.15, 0.2) is 0 Å². The number of carbonyl (C=O) groups excluding carboxylic acids is 1. The summed E-state index contributed by atoms with van der Waals surface area (Å²) >= 11 is 0. The molecule has 2 aromatic carbocycles. The van der Waals surface area contributed by atoms with Crippen LogP contribution in [0, 0.1) is 17.7 Å². The van der Waals surface area contributed by atoms with Crippen molar-refractivity contribution in [3.63, 3.8) is 0 Å². The number of nitrogens with zero attached hydrogens (tertiary/aromatic N) is 1. The molecule has 0 bridgehead atoms. The fourth-order valence-electron chi connectivity index (χ4n) is 4.33. The number of nitrogens with one attached hydrogen (secondary N) is 2. The van der Waals surface area contributed by atoms with Crippen molar-refractivity contribution >= 4 is 5.91 Å². The minimum Gasteiger partial charge on any atom is -0.346 e. The van der Waals surface area contributed by atoms with E-state index in [4.69, 9.17) is 5.73 Å². The third-order valence-corrected chi connectivity index (χ3v) is 6.21. The molecule has 4 N–H and O–H groups in total. The number of halogens is 1. The van der Waals surface area contributed by atoms with Crippen LogP contribution in [0.15, 0.2) is 60.8 Å². The van der Waals surface area contributed by atoms with E-state index in [9.17, 15) is 9.18 Å². The zero-order valence-corrected chi connectivity index (χ0v) is 17.6. The molecule has 1 amide bonds. The maximum atomic E-state index is 13.6. The van der Waals surface area contributed by atoms with E-state index >= 15 is 0 Å². The summed E-state index contributed by atoms with van der Waals surface area (Å²) < 4.78 is 13.6. The van der Waals surface area contributed by atoms with Gasteiger partial charge < -0.3 is 16.0 Å². The maximum absolute atomic E-state index is 13.6. The van der Waals surface area contributed by atoms with E-state index < -0.39 is 0 Å². The molecule has 1 heterocycles. The molecule has 1 aliphatic rings. The molecule has 1 fully saturated rings. The maximum Gasteiger partial charge on any atom is 0.223 e. The second-order valence-electron chi connectivity index (χ2n) is 8.40. The van der Waals surface area contributed by atoms with Crippen LogP contribution in [0.2, 0.25) is 0 Å². The molecule has 1 aliphatic carbocycles. The van der Waals surface area contributed by atoms with Gasteiger partial charge in [-0.05, 0) is 62.3 Å². The highest BCUT2D eigenvalue weighted by atomic mass is 19.1. The average Bonchev–Trinajstić information content (AvgIpc) is 3.30. The van der Waals surface area contributed by atoms with E-state index in [2.05, 4.69) is 15.3 Å². The molecule has 0 saturated heterocycles. The molecule has 1 atom stereocenters. The summed E-state index contributed by atoms with van der Waals surface area (Å²) in [5.41, 5.74) is 8.36. The molecule has 0 aliphatic heterocycles. The lowest BCUT2D eigenvalue weighted by Gasteiger charge is -2.28. The van der Waals surface area contributed by atoms with Gasteiger partial charge in [-0.3, -0.25) is 4.79 Å². The zero-order valence-electron chi connectivity index (χ0n) is 17.6. The number of aromatic amines is 1. The number of aromatic nitrogens is 2. The van der Waals surface area contributed by atoms with Gasteiger partial charge in [0.25, 0.3) is 0 Å². The number of rotatable bonds is 7. The third kappa shape index (κ3) is 5.39. The van der Waals surface area contributed by atoms with Crippen LogP contribution in [0.1, 0.15) is 43.1 Å². The molecule has 162 valence electrons. The Labute approximate surface area is 182 Å². The van der Waals surface area contributed by atoms with Gasteiger partial charge in [0.05, 0.1) is 17.9 Å². The highest BCUT2D eigenvalue weighted by Gasteiger charge is 2.28. The quantitative estimate of drug-likeness (QED) is 0.530. The average molecular weight is 421 g/mol. The Bertz CT molecular complexity index is 996. The number of hydrogen-bond acceptors (Lipinski definition) is 3. The Kier molecular flexibility index (Phi) is 6.77.